The molecule has 4 rings (SSSR count). The van der Waals surface area contributed by atoms with Gasteiger partial charge in [0.15, 0.2) is 0 Å². The summed E-state index contributed by atoms with van der Waals surface area (Å²) >= 11 is 0. The Hall–Kier alpha value is -2.84. The average molecular weight is 335 g/mol. The second-order valence-corrected chi connectivity index (χ2v) is 5.55. The van der Waals surface area contributed by atoms with E-state index in [1.807, 2.05) is 0 Å². The maximum Gasteiger partial charge on any atom is 0.471 e. The first kappa shape index (κ1) is 14.7. The lowest BCUT2D eigenvalue weighted by Crippen LogP contribution is -2.47. The molecule has 1 aliphatic heterocycles. The number of nitrogens with one attached hydrogen (secondary N) is 1. The Morgan fingerprint density at radius 3 is 2.92 bits per heavy atom. The molecule has 1 amide bonds. The summed E-state index contributed by atoms with van der Waals surface area (Å²) < 4.78 is 40.5. The number of hydrogen-bond acceptors (Lipinski definition) is 3. The Balaban J connectivity index is 1.85. The maximum absolute atomic E-state index is 13.0. The third-order valence-corrected chi connectivity index (χ3v) is 4.10. The van der Waals surface area contributed by atoms with Crippen molar-refractivity contribution in [1.82, 2.24) is 24.5 Å². The summed E-state index contributed by atoms with van der Waals surface area (Å²) in [7, 11) is 0. The lowest BCUT2D eigenvalue weighted by atomic mass is 9.99. The summed E-state index contributed by atoms with van der Waals surface area (Å²) in [6.07, 6.45) is -1.52. The van der Waals surface area contributed by atoms with E-state index < -0.39 is 18.1 Å². The van der Waals surface area contributed by atoms with Crippen molar-refractivity contribution in [2.24, 2.45) is 0 Å². The van der Waals surface area contributed by atoms with Gasteiger partial charge in [-0.05, 0) is 18.2 Å². The fourth-order valence-electron chi connectivity index (χ4n) is 3.05. The van der Waals surface area contributed by atoms with Crippen LogP contribution in [0.5, 0.6) is 0 Å². The Morgan fingerprint density at radius 2 is 2.17 bits per heavy atom. The zero-order chi connectivity index (χ0) is 16.9. The molecule has 3 aromatic heterocycles. The van der Waals surface area contributed by atoms with Crippen molar-refractivity contribution >= 4 is 11.4 Å². The molecule has 1 aliphatic rings. The number of nitrogens with zero attached hydrogens (tertiary/aromatic N) is 4. The molecule has 1 N–H and O–H groups in total. The standard InChI is InChI=1S/C15H12F3N5O/c16-15(17,18)14(24)22-6-4-10-12(20-8-19-10)13(22)11-7-9-3-1-2-5-23(9)21-11/h1-3,5,7-8,13H,4,6H2,(H,19,20). The molecule has 0 aliphatic carbocycles. The van der Waals surface area contributed by atoms with Crippen LogP contribution in [0.15, 0.2) is 36.8 Å². The second kappa shape index (κ2) is 5.08. The number of fused-ring (bicyclic) bond motifs is 2. The van der Waals surface area contributed by atoms with Gasteiger partial charge in [0.2, 0.25) is 0 Å². The third kappa shape index (κ3) is 2.24. The van der Waals surface area contributed by atoms with Gasteiger partial charge < -0.3 is 9.88 Å². The minimum Gasteiger partial charge on any atom is -0.348 e. The van der Waals surface area contributed by atoms with E-state index in [1.54, 1.807) is 35.0 Å². The van der Waals surface area contributed by atoms with Crippen molar-refractivity contribution in [3.05, 3.63) is 53.9 Å². The molecule has 6 nitrogen and oxygen atoms in total. The van der Waals surface area contributed by atoms with Crippen molar-refractivity contribution in [2.75, 3.05) is 6.54 Å². The first-order valence-electron chi connectivity index (χ1n) is 7.29. The van der Waals surface area contributed by atoms with Crippen molar-refractivity contribution < 1.29 is 18.0 Å². The molecular formula is C15H12F3N5O. The summed E-state index contributed by atoms with van der Waals surface area (Å²) in [6, 6.07) is 6.07. The van der Waals surface area contributed by atoms with Crippen molar-refractivity contribution in [1.29, 1.82) is 0 Å². The topological polar surface area (TPSA) is 66.3 Å². The van der Waals surface area contributed by atoms with E-state index in [2.05, 4.69) is 15.1 Å². The van der Waals surface area contributed by atoms with Crippen LogP contribution in [0.2, 0.25) is 0 Å². The highest BCUT2D eigenvalue weighted by Gasteiger charge is 2.47. The van der Waals surface area contributed by atoms with Crippen LogP contribution < -0.4 is 0 Å². The highest BCUT2D eigenvalue weighted by molar-refractivity contribution is 5.83. The van der Waals surface area contributed by atoms with Gasteiger partial charge >= 0.3 is 12.1 Å². The number of carbonyl (C=O) groups is 1. The Labute approximate surface area is 133 Å². The van der Waals surface area contributed by atoms with Gasteiger partial charge in [0.1, 0.15) is 6.04 Å². The van der Waals surface area contributed by atoms with E-state index in [1.165, 1.54) is 6.33 Å². The molecule has 124 valence electrons. The number of amides is 1. The quantitative estimate of drug-likeness (QED) is 0.740. The molecule has 0 spiro atoms. The number of imidazole rings is 1. The summed E-state index contributed by atoms with van der Waals surface area (Å²) in [5.41, 5.74) is 2.21. The van der Waals surface area contributed by atoms with Crippen LogP contribution in [0, 0.1) is 0 Å². The predicted molar refractivity (Wildman–Crippen MR) is 77.1 cm³/mol. The minimum absolute atomic E-state index is 0.0495. The molecule has 24 heavy (non-hydrogen) atoms. The van der Waals surface area contributed by atoms with Crippen LogP contribution >= 0.6 is 0 Å². The van der Waals surface area contributed by atoms with Gasteiger partial charge in [0, 0.05) is 24.9 Å². The van der Waals surface area contributed by atoms with Gasteiger partial charge in [0.05, 0.1) is 23.2 Å². The van der Waals surface area contributed by atoms with Crippen LogP contribution in [-0.2, 0) is 11.2 Å². The first-order chi connectivity index (χ1) is 11.4. The maximum atomic E-state index is 13.0. The Bertz CT molecular complexity index is 880. The smallest absolute Gasteiger partial charge is 0.348 e. The molecule has 1 atom stereocenters. The van der Waals surface area contributed by atoms with Gasteiger partial charge in [-0.2, -0.15) is 18.3 Å². The van der Waals surface area contributed by atoms with E-state index >= 15 is 0 Å². The van der Waals surface area contributed by atoms with E-state index in [9.17, 15) is 18.0 Å². The third-order valence-electron chi connectivity index (χ3n) is 4.10. The Morgan fingerprint density at radius 1 is 1.33 bits per heavy atom. The number of alkyl halides is 3. The molecule has 0 saturated heterocycles. The number of aromatic amines is 1. The van der Waals surface area contributed by atoms with Crippen molar-refractivity contribution in [2.45, 2.75) is 18.6 Å². The van der Waals surface area contributed by atoms with Gasteiger partial charge in [-0.1, -0.05) is 6.07 Å². The molecular weight excluding hydrogens is 323 g/mol. The summed E-state index contributed by atoms with van der Waals surface area (Å²) in [5, 5.41) is 4.33. The monoisotopic (exact) mass is 335 g/mol. The largest absolute Gasteiger partial charge is 0.471 e. The molecule has 0 bridgehead atoms. The zero-order valence-electron chi connectivity index (χ0n) is 12.3. The number of carbonyl (C=O) groups excluding carboxylic acids is 1. The molecule has 9 heteroatoms. The van der Waals surface area contributed by atoms with Crippen molar-refractivity contribution in [3.63, 3.8) is 0 Å². The van der Waals surface area contributed by atoms with E-state index in [-0.39, 0.29) is 6.54 Å². The second-order valence-electron chi connectivity index (χ2n) is 5.55. The summed E-state index contributed by atoms with van der Waals surface area (Å²) in [4.78, 5) is 19.7. The van der Waals surface area contributed by atoms with Crippen LogP contribution in [-0.4, -0.2) is 43.1 Å². The summed E-state index contributed by atoms with van der Waals surface area (Å²) in [6.45, 7) is -0.0495. The van der Waals surface area contributed by atoms with Crippen LogP contribution in [0.3, 0.4) is 0 Å². The van der Waals surface area contributed by atoms with Gasteiger partial charge in [-0.3, -0.25) is 4.79 Å². The average Bonchev–Trinajstić information content (AvgIpc) is 3.18. The number of halogens is 3. The molecule has 1 unspecified atom stereocenters. The molecule has 3 aromatic rings. The molecule has 0 fully saturated rings. The predicted octanol–water partition coefficient (Wildman–Crippen LogP) is 2.09. The highest BCUT2D eigenvalue weighted by Crippen LogP contribution is 2.35. The van der Waals surface area contributed by atoms with Crippen LogP contribution in [0.25, 0.3) is 5.52 Å². The summed E-state index contributed by atoms with van der Waals surface area (Å²) in [5.74, 6) is -1.88. The van der Waals surface area contributed by atoms with E-state index in [4.69, 9.17) is 0 Å². The van der Waals surface area contributed by atoms with E-state index in [0.717, 1.165) is 16.1 Å². The fraction of sp³-hybridized carbons (Fsp3) is 0.267. The number of H-pyrrole nitrogens is 1. The zero-order valence-corrected chi connectivity index (χ0v) is 12.3. The van der Waals surface area contributed by atoms with Crippen LogP contribution in [0.4, 0.5) is 13.2 Å². The lowest BCUT2D eigenvalue weighted by molar-refractivity contribution is -0.187. The van der Waals surface area contributed by atoms with Crippen LogP contribution in [0.1, 0.15) is 23.1 Å². The minimum atomic E-state index is -4.94. The number of aromatic nitrogens is 4. The number of pyridine rings is 1. The molecule has 4 heterocycles. The highest BCUT2D eigenvalue weighted by atomic mass is 19.4. The van der Waals surface area contributed by atoms with Gasteiger partial charge in [-0.25, -0.2) is 9.50 Å². The fourth-order valence-corrected chi connectivity index (χ4v) is 3.05. The SMILES string of the molecule is O=C(N1CCc2[nH]cnc2C1c1cc2ccccn2n1)C(F)(F)F. The molecule has 0 saturated carbocycles. The normalized spacial score (nSPS) is 18.0. The van der Waals surface area contributed by atoms with Gasteiger partial charge in [0.25, 0.3) is 0 Å². The first-order valence-corrected chi connectivity index (χ1v) is 7.29. The number of hydrogen-bond donors (Lipinski definition) is 1. The number of rotatable bonds is 1. The molecule has 0 radical (unpaired) electrons. The lowest BCUT2D eigenvalue weighted by Gasteiger charge is -2.34. The van der Waals surface area contributed by atoms with E-state index in [0.29, 0.717) is 17.8 Å². The Kier molecular flexibility index (Phi) is 3.12. The van der Waals surface area contributed by atoms with Crippen molar-refractivity contribution in [3.8, 4) is 0 Å². The van der Waals surface area contributed by atoms with Gasteiger partial charge in [-0.15, -0.1) is 0 Å². The molecule has 0 aromatic carbocycles.